The molecule has 1 aliphatic rings. The molecule has 0 aromatic carbocycles. The molecule has 1 aromatic heterocycles. The van der Waals surface area contributed by atoms with Crippen molar-refractivity contribution in [1.82, 2.24) is 14.7 Å². The van der Waals surface area contributed by atoms with Crippen molar-refractivity contribution in [2.75, 3.05) is 26.3 Å². The van der Waals surface area contributed by atoms with Crippen molar-refractivity contribution in [3.8, 4) is 0 Å². The molecule has 6 nitrogen and oxygen atoms in total. The predicted octanol–water partition coefficient (Wildman–Crippen LogP) is 0.493. The number of halogens is 1. The monoisotopic (exact) mass is 365 g/mol. The van der Waals surface area contributed by atoms with Crippen LogP contribution < -0.4 is 5.73 Å². The number of hydrogen-bond donors (Lipinski definition) is 1. The molecule has 2 rings (SSSR count). The molecule has 1 saturated heterocycles. The summed E-state index contributed by atoms with van der Waals surface area (Å²) < 4.78 is 7.11. The molecular formula is C11H20IN5O. The number of hydrogen-bond acceptors (Lipinski definition) is 3. The lowest BCUT2D eigenvalue weighted by Crippen LogP contribution is -2.44. The third-order valence-corrected chi connectivity index (χ3v) is 3.08. The van der Waals surface area contributed by atoms with Gasteiger partial charge >= 0.3 is 0 Å². The van der Waals surface area contributed by atoms with E-state index in [9.17, 15) is 0 Å². The Morgan fingerprint density at radius 2 is 2.17 bits per heavy atom. The smallest absolute Gasteiger partial charge is 0.191 e. The van der Waals surface area contributed by atoms with E-state index < -0.39 is 0 Å². The molecule has 1 fully saturated rings. The van der Waals surface area contributed by atoms with Crippen LogP contribution in [0.4, 0.5) is 0 Å². The zero-order valence-corrected chi connectivity index (χ0v) is 13.1. The SMILES string of the molecule is Cc1c(CN=C(N)N2CCOCC2)cnn1C.I. The highest BCUT2D eigenvalue weighted by molar-refractivity contribution is 14.0. The third-order valence-electron chi connectivity index (χ3n) is 3.08. The molecule has 0 unspecified atom stereocenters. The highest BCUT2D eigenvalue weighted by Crippen LogP contribution is 2.07. The van der Waals surface area contributed by atoms with Crippen molar-refractivity contribution >= 4 is 29.9 Å². The van der Waals surface area contributed by atoms with Crippen LogP contribution in [0.2, 0.25) is 0 Å². The van der Waals surface area contributed by atoms with Gasteiger partial charge in [-0.2, -0.15) is 5.10 Å². The van der Waals surface area contributed by atoms with E-state index in [1.807, 2.05) is 24.9 Å². The number of nitrogens with zero attached hydrogens (tertiary/aromatic N) is 4. The molecule has 0 radical (unpaired) electrons. The second kappa shape index (κ2) is 6.93. The van der Waals surface area contributed by atoms with Crippen LogP contribution in [0.25, 0.3) is 0 Å². The van der Waals surface area contributed by atoms with E-state index in [-0.39, 0.29) is 24.0 Å². The Morgan fingerprint density at radius 3 is 2.72 bits per heavy atom. The van der Waals surface area contributed by atoms with E-state index in [1.165, 1.54) is 0 Å². The fraction of sp³-hybridized carbons (Fsp3) is 0.636. The average Bonchev–Trinajstić information content (AvgIpc) is 2.68. The van der Waals surface area contributed by atoms with Gasteiger partial charge in [0.15, 0.2) is 5.96 Å². The first-order chi connectivity index (χ1) is 8.18. The molecule has 0 aliphatic carbocycles. The molecule has 2 N–H and O–H groups in total. The lowest BCUT2D eigenvalue weighted by atomic mass is 10.3. The summed E-state index contributed by atoms with van der Waals surface area (Å²) in [5.41, 5.74) is 8.19. The van der Waals surface area contributed by atoms with Crippen molar-refractivity contribution in [2.24, 2.45) is 17.8 Å². The molecule has 1 aliphatic heterocycles. The summed E-state index contributed by atoms with van der Waals surface area (Å²) in [6, 6.07) is 0. The number of aromatic nitrogens is 2. The third kappa shape index (κ3) is 3.58. The number of aliphatic imine (C=N–C) groups is 1. The number of aryl methyl sites for hydroxylation is 1. The van der Waals surface area contributed by atoms with E-state index >= 15 is 0 Å². The van der Waals surface area contributed by atoms with E-state index in [4.69, 9.17) is 10.5 Å². The number of morpholine rings is 1. The van der Waals surface area contributed by atoms with Crippen LogP contribution in [0.1, 0.15) is 11.3 Å². The van der Waals surface area contributed by atoms with Crippen LogP contribution in [0.15, 0.2) is 11.2 Å². The van der Waals surface area contributed by atoms with E-state index in [0.717, 1.165) is 37.6 Å². The van der Waals surface area contributed by atoms with Gasteiger partial charge in [-0.05, 0) is 6.92 Å². The highest BCUT2D eigenvalue weighted by atomic mass is 127. The van der Waals surface area contributed by atoms with Gasteiger partial charge in [-0.15, -0.1) is 24.0 Å². The molecule has 0 amide bonds. The summed E-state index contributed by atoms with van der Waals surface area (Å²) in [5.74, 6) is 0.594. The van der Waals surface area contributed by atoms with Crippen LogP contribution in [0.3, 0.4) is 0 Å². The van der Waals surface area contributed by atoms with Gasteiger partial charge in [0.25, 0.3) is 0 Å². The van der Waals surface area contributed by atoms with E-state index in [2.05, 4.69) is 15.0 Å². The number of rotatable bonds is 2. The number of nitrogens with two attached hydrogens (primary N) is 1. The van der Waals surface area contributed by atoms with Gasteiger partial charge in [-0.1, -0.05) is 0 Å². The number of ether oxygens (including phenoxy) is 1. The van der Waals surface area contributed by atoms with Crippen molar-refractivity contribution < 1.29 is 4.74 Å². The van der Waals surface area contributed by atoms with Gasteiger partial charge < -0.3 is 15.4 Å². The minimum absolute atomic E-state index is 0. The first-order valence-corrected chi connectivity index (χ1v) is 5.78. The minimum atomic E-state index is 0. The van der Waals surface area contributed by atoms with Gasteiger partial charge in [-0.25, -0.2) is 4.99 Å². The second-order valence-corrected chi connectivity index (χ2v) is 4.15. The Balaban J connectivity index is 0.00000162. The summed E-state index contributed by atoms with van der Waals surface area (Å²) in [4.78, 5) is 6.45. The maximum absolute atomic E-state index is 5.95. The second-order valence-electron chi connectivity index (χ2n) is 4.15. The fourth-order valence-corrected chi connectivity index (χ4v) is 1.76. The van der Waals surface area contributed by atoms with Crippen molar-refractivity contribution in [3.05, 3.63) is 17.5 Å². The largest absolute Gasteiger partial charge is 0.378 e. The van der Waals surface area contributed by atoms with E-state index in [1.54, 1.807) is 0 Å². The van der Waals surface area contributed by atoms with E-state index in [0.29, 0.717) is 12.5 Å². The maximum atomic E-state index is 5.95. The molecule has 7 heteroatoms. The number of guanidine groups is 1. The van der Waals surface area contributed by atoms with Crippen molar-refractivity contribution in [2.45, 2.75) is 13.5 Å². The summed E-state index contributed by atoms with van der Waals surface area (Å²) in [6.45, 7) is 5.71. The normalized spacial score (nSPS) is 16.6. The summed E-state index contributed by atoms with van der Waals surface area (Å²) >= 11 is 0. The van der Waals surface area contributed by atoms with Gasteiger partial charge in [0, 0.05) is 31.4 Å². The van der Waals surface area contributed by atoms with Crippen molar-refractivity contribution in [1.29, 1.82) is 0 Å². The zero-order chi connectivity index (χ0) is 12.3. The van der Waals surface area contributed by atoms with Gasteiger partial charge in [0.05, 0.1) is 26.0 Å². The lowest BCUT2D eigenvalue weighted by Gasteiger charge is -2.27. The zero-order valence-electron chi connectivity index (χ0n) is 10.8. The van der Waals surface area contributed by atoms with Gasteiger partial charge in [0.1, 0.15) is 0 Å². The topological polar surface area (TPSA) is 68.7 Å². The molecule has 2 heterocycles. The van der Waals surface area contributed by atoms with Crippen LogP contribution in [-0.2, 0) is 18.3 Å². The Labute approximate surface area is 124 Å². The molecule has 102 valence electrons. The molecular weight excluding hydrogens is 345 g/mol. The van der Waals surface area contributed by atoms with Crippen LogP contribution in [-0.4, -0.2) is 46.9 Å². The Kier molecular flexibility index (Phi) is 5.86. The highest BCUT2D eigenvalue weighted by Gasteiger charge is 2.12. The van der Waals surface area contributed by atoms with Gasteiger partial charge in [0.2, 0.25) is 0 Å². The van der Waals surface area contributed by atoms with Crippen LogP contribution in [0.5, 0.6) is 0 Å². The van der Waals surface area contributed by atoms with Crippen LogP contribution >= 0.6 is 24.0 Å². The molecule has 0 spiro atoms. The molecule has 18 heavy (non-hydrogen) atoms. The standard InChI is InChI=1S/C11H19N5O.HI/c1-9-10(8-14-15(9)2)7-13-11(12)16-3-5-17-6-4-16;/h8H,3-7H2,1-2H3,(H2,12,13);1H. The Hall–Kier alpha value is -0.830. The summed E-state index contributed by atoms with van der Waals surface area (Å²) in [7, 11) is 1.92. The van der Waals surface area contributed by atoms with Gasteiger partial charge in [-0.3, -0.25) is 4.68 Å². The molecule has 1 aromatic rings. The molecule has 0 atom stereocenters. The fourth-order valence-electron chi connectivity index (χ4n) is 1.76. The first kappa shape index (κ1) is 15.2. The molecule has 0 bridgehead atoms. The summed E-state index contributed by atoms with van der Waals surface area (Å²) in [6.07, 6.45) is 1.84. The van der Waals surface area contributed by atoms with Crippen molar-refractivity contribution in [3.63, 3.8) is 0 Å². The quantitative estimate of drug-likeness (QED) is 0.471. The first-order valence-electron chi connectivity index (χ1n) is 5.78. The average molecular weight is 365 g/mol. The summed E-state index contributed by atoms with van der Waals surface area (Å²) in [5, 5.41) is 4.18. The Morgan fingerprint density at radius 1 is 1.50 bits per heavy atom. The Bertz CT molecular complexity index is 412. The van der Waals surface area contributed by atoms with Crippen LogP contribution in [0, 0.1) is 6.92 Å². The molecule has 0 saturated carbocycles. The predicted molar refractivity (Wildman–Crippen MR) is 81.1 cm³/mol. The lowest BCUT2D eigenvalue weighted by molar-refractivity contribution is 0.0674. The minimum Gasteiger partial charge on any atom is -0.378 e. The maximum Gasteiger partial charge on any atom is 0.191 e.